The molecule has 0 spiro atoms. The van der Waals surface area contributed by atoms with E-state index < -0.39 is 0 Å². The Morgan fingerprint density at radius 1 is 1.42 bits per heavy atom. The lowest BCUT2D eigenvalue weighted by molar-refractivity contribution is 0.619. The van der Waals surface area contributed by atoms with Crippen molar-refractivity contribution in [3.8, 4) is 0 Å². The van der Waals surface area contributed by atoms with Crippen molar-refractivity contribution in [2.45, 2.75) is 26.7 Å². The summed E-state index contributed by atoms with van der Waals surface area (Å²) in [7, 11) is 1.82. The van der Waals surface area contributed by atoms with Gasteiger partial charge in [-0.3, -0.25) is 4.68 Å². The Labute approximate surface area is 112 Å². The Morgan fingerprint density at radius 2 is 2.16 bits per heavy atom. The van der Waals surface area contributed by atoms with Crippen LogP contribution in [0.2, 0.25) is 0 Å². The number of hydrogen-bond donors (Lipinski definition) is 2. The fourth-order valence-electron chi connectivity index (χ4n) is 1.97. The maximum atomic E-state index is 13.5. The molecule has 102 valence electrons. The number of benzene rings is 1. The summed E-state index contributed by atoms with van der Waals surface area (Å²) in [5.41, 5.74) is 8.86. The van der Waals surface area contributed by atoms with Gasteiger partial charge < -0.3 is 11.1 Å². The van der Waals surface area contributed by atoms with Crippen molar-refractivity contribution in [2.24, 2.45) is 7.05 Å². The fraction of sp³-hybridized carbons (Fsp3) is 0.357. The van der Waals surface area contributed by atoms with E-state index in [0.717, 1.165) is 18.5 Å². The SMILES string of the molecule is CCCc1nn(C)c(Nc2ccc(C)c(F)c2)c1N. The summed E-state index contributed by atoms with van der Waals surface area (Å²) in [5.74, 6) is 0.464. The highest BCUT2D eigenvalue weighted by Crippen LogP contribution is 2.27. The summed E-state index contributed by atoms with van der Waals surface area (Å²) in [5, 5.41) is 7.49. The first-order valence-electron chi connectivity index (χ1n) is 6.37. The molecule has 0 aliphatic heterocycles. The Bertz CT molecular complexity index is 589. The summed E-state index contributed by atoms with van der Waals surface area (Å²) >= 11 is 0. The van der Waals surface area contributed by atoms with Crippen LogP contribution in [0.25, 0.3) is 0 Å². The summed E-state index contributed by atoms with van der Waals surface area (Å²) in [4.78, 5) is 0. The molecule has 0 aliphatic rings. The molecular weight excluding hydrogens is 243 g/mol. The quantitative estimate of drug-likeness (QED) is 0.890. The van der Waals surface area contributed by atoms with Crippen LogP contribution < -0.4 is 11.1 Å². The van der Waals surface area contributed by atoms with Crippen LogP contribution in [-0.2, 0) is 13.5 Å². The van der Waals surface area contributed by atoms with E-state index in [0.29, 0.717) is 22.8 Å². The number of nitrogens with one attached hydrogen (secondary N) is 1. The van der Waals surface area contributed by atoms with Crippen molar-refractivity contribution in [2.75, 3.05) is 11.1 Å². The third-order valence-electron chi connectivity index (χ3n) is 3.08. The third-order valence-corrected chi connectivity index (χ3v) is 3.08. The van der Waals surface area contributed by atoms with Gasteiger partial charge in [0.15, 0.2) is 5.82 Å². The molecule has 5 heteroatoms. The molecule has 0 bridgehead atoms. The lowest BCUT2D eigenvalue weighted by Gasteiger charge is -2.08. The van der Waals surface area contributed by atoms with Crippen molar-refractivity contribution in [3.05, 3.63) is 35.3 Å². The Kier molecular flexibility index (Phi) is 3.74. The number of nitrogen functional groups attached to an aromatic ring is 1. The number of nitrogens with two attached hydrogens (primary N) is 1. The van der Waals surface area contributed by atoms with E-state index in [4.69, 9.17) is 5.73 Å². The van der Waals surface area contributed by atoms with E-state index in [1.807, 2.05) is 13.1 Å². The topological polar surface area (TPSA) is 55.9 Å². The molecular formula is C14H19FN4. The second kappa shape index (κ2) is 5.30. The van der Waals surface area contributed by atoms with Gasteiger partial charge in [-0.25, -0.2) is 4.39 Å². The zero-order chi connectivity index (χ0) is 14.0. The lowest BCUT2D eigenvalue weighted by atomic mass is 10.2. The highest BCUT2D eigenvalue weighted by Gasteiger charge is 2.13. The van der Waals surface area contributed by atoms with Gasteiger partial charge in [0.25, 0.3) is 0 Å². The number of anilines is 3. The first-order chi connectivity index (χ1) is 9.02. The molecule has 0 saturated heterocycles. The number of nitrogens with zero attached hydrogens (tertiary/aromatic N) is 2. The van der Waals surface area contributed by atoms with Crippen LogP contribution in [0.15, 0.2) is 18.2 Å². The molecule has 0 fully saturated rings. The van der Waals surface area contributed by atoms with Gasteiger partial charge >= 0.3 is 0 Å². The summed E-state index contributed by atoms with van der Waals surface area (Å²) in [6.45, 7) is 3.81. The van der Waals surface area contributed by atoms with Gasteiger partial charge in [-0.2, -0.15) is 5.10 Å². The summed E-state index contributed by atoms with van der Waals surface area (Å²) in [6, 6.07) is 5.02. The summed E-state index contributed by atoms with van der Waals surface area (Å²) in [6.07, 6.45) is 1.82. The average molecular weight is 262 g/mol. The predicted octanol–water partition coefficient (Wildman–Crippen LogP) is 3.15. The smallest absolute Gasteiger partial charge is 0.152 e. The minimum absolute atomic E-state index is 0.237. The first kappa shape index (κ1) is 13.4. The van der Waals surface area contributed by atoms with Gasteiger partial charge in [-0.1, -0.05) is 19.4 Å². The molecule has 0 amide bonds. The van der Waals surface area contributed by atoms with Gasteiger partial charge in [0.1, 0.15) is 5.82 Å². The second-order valence-corrected chi connectivity index (χ2v) is 4.67. The number of rotatable bonds is 4. The van der Waals surface area contributed by atoms with Crippen LogP contribution in [-0.4, -0.2) is 9.78 Å². The molecule has 0 unspecified atom stereocenters. The molecule has 3 N–H and O–H groups in total. The molecule has 4 nitrogen and oxygen atoms in total. The standard InChI is InChI=1S/C14H19FN4/c1-4-5-12-13(16)14(19(3)18-12)17-10-7-6-9(2)11(15)8-10/h6-8,17H,4-5,16H2,1-3H3. The lowest BCUT2D eigenvalue weighted by Crippen LogP contribution is -2.01. The van der Waals surface area contributed by atoms with Crippen LogP contribution in [0, 0.1) is 12.7 Å². The zero-order valence-electron chi connectivity index (χ0n) is 11.5. The van der Waals surface area contributed by atoms with Crippen molar-refractivity contribution < 1.29 is 4.39 Å². The predicted molar refractivity (Wildman–Crippen MR) is 76.0 cm³/mol. The van der Waals surface area contributed by atoms with Crippen molar-refractivity contribution >= 4 is 17.2 Å². The molecule has 2 rings (SSSR count). The van der Waals surface area contributed by atoms with Crippen LogP contribution in [0.1, 0.15) is 24.6 Å². The molecule has 0 aliphatic carbocycles. The molecule has 0 atom stereocenters. The highest BCUT2D eigenvalue weighted by molar-refractivity contribution is 5.71. The van der Waals surface area contributed by atoms with Crippen molar-refractivity contribution in [3.63, 3.8) is 0 Å². The number of aromatic nitrogens is 2. The van der Waals surface area contributed by atoms with Gasteiger partial charge in [-0.05, 0) is 31.0 Å². The van der Waals surface area contributed by atoms with Crippen LogP contribution >= 0.6 is 0 Å². The number of hydrogen-bond acceptors (Lipinski definition) is 3. The molecule has 0 radical (unpaired) electrons. The van der Waals surface area contributed by atoms with Gasteiger partial charge in [0, 0.05) is 12.7 Å². The second-order valence-electron chi connectivity index (χ2n) is 4.67. The van der Waals surface area contributed by atoms with Gasteiger partial charge in [0.05, 0.1) is 11.4 Å². The Hall–Kier alpha value is -2.04. The minimum atomic E-state index is -0.237. The van der Waals surface area contributed by atoms with Crippen molar-refractivity contribution in [1.29, 1.82) is 0 Å². The largest absolute Gasteiger partial charge is 0.394 e. The molecule has 0 saturated carbocycles. The Morgan fingerprint density at radius 3 is 2.79 bits per heavy atom. The maximum Gasteiger partial charge on any atom is 0.152 e. The van der Waals surface area contributed by atoms with Gasteiger partial charge in [0.2, 0.25) is 0 Å². The highest BCUT2D eigenvalue weighted by atomic mass is 19.1. The van der Waals surface area contributed by atoms with Crippen molar-refractivity contribution in [1.82, 2.24) is 9.78 Å². The molecule has 1 aromatic carbocycles. The van der Waals surface area contributed by atoms with E-state index in [2.05, 4.69) is 17.3 Å². The van der Waals surface area contributed by atoms with Crippen LogP contribution in [0.5, 0.6) is 0 Å². The average Bonchev–Trinajstić information content (AvgIpc) is 2.62. The van der Waals surface area contributed by atoms with E-state index in [1.165, 1.54) is 6.07 Å². The normalized spacial score (nSPS) is 10.7. The monoisotopic (exact) mass is 262 g/mol. The number of aryl methyl sites for hydroxylation is 3. The van der Waals surface area contributed by atoms with E-state index in [9.17, 15) is 4.39 Å². The number of halogens is 1. The zero-order valence-corrected chi connectivity index (χ0v) is 11.5. The molecule has 19 heavy (non-hydrogen) atoms. The van der Waals surface area contributed by atoms with Crippen LogP contribution in [0.3, 0.4) is 0 Å². The van der Waals surface area contributed by atoms with E-state index in [-0.39, 0.29) is 5.82 Å². The fourth-order valence-corrected chi connectivity index (χ4v) is 1.97. The molecule has 1 heterocycles. The van der Waals surface area contributed by atoms with Gasteiger partial charge in [-0.15, -0.1) is 0 Å². The molecule has 2 aromatic rings. The minimum Gasteiger partial charge on any atom is -0.394 e. The third kappa shape index (κ3) is 2.70. The Balaban J connectivity index is 2.30. The maximum absolute atomic E-state index is 13.5. The first-order valence-corrected chi connectivity index (χ1v) is 6.37. The van der Waals surface area contributed by atoms with Crippen LogP contribution in [0.4, 0.5) is 21.6 Å². The summed E-state index contributed by atoms with van der Waals surface area (Å²) < 4.78 is 15.2. The van der Waals surface area contributed by atoms with E-state index in [1.54, 1.807) is 17.7 Å². The molecule has 1 aromatic heterocycles. The van der Waals surface area contributed by atoms with E-state index >= 15 is 0 Å².